The lowest BCUT2D eigenvalue weighted by molar-refractivity contribution is -0.122. The van der Waals surface area contributed by atoms with Crippen LogP contribution in [0.4, 0.5) is 10.5 Å². The van der Waals surface area contributed by atoms with Crippen LogP contribution in [0.3, 0.4) is 0 Å². The highest BCUT2D eigenvalue weighted by molar-refractivity contribution is 9.10. The van der Waals surface area contributed by atoms with Gasteiger partial charge in [-0.25, -0.2) is 9.69 Å². The van der Waals surface area contributed by atoms with Gasteiger partial charge in [0.15, 0.2) is 11.5 Å². The number of nitrogens with one attached hydrogen (secondary N) is 1. The highest BCUT2D eigenvalue weighted by Gasteiger charge is 2.36. The third kappa shape index (κ3) is 4.21. The molecule has 30 heavy (non-hydrogen) atoms. The Balaban J connectivity index is 2.01. The highest BCUT2D eigenvalue weighted by Crippen LogP contribution is 2.37. The first-order valence-electron chi connectivity index (χ1n) is 8.77. The summed E-state index contributed by atoms with van der Waals surface area (Å²) in [5.41, 5.74) is 1.63. The number of methoxy groups -OCH3 is 1. The van der Waals surface area contributed by atoms with E-state index >= 15 is 0 Å². The molecule has 1 heterocycles. The van der Waals surface area contributed by atoms with E-state index in [-0.39, 0.29) is 12.2 Å². The normalized spacial score (nSPS) is 15.1. The molecule has 8 heteroatoms. The molecule has 0 unspecified atom stereocenters. The van der Waals surface area contributed by atoms with Gasteiger partial charge in [-0.3, -0.25) is 14.9 Å². The Kier molecular flexibility index (Phi) is 6.23. The Morgan fingerprint density at radius 1 is 1.20 bits per heavy atom. The molecule has 2 aromatic carbocycles. The number of imide groups is 2. The lowest BCUT2D eigenvalue weighted by Crippen LogP contribution is -2.54. The number of hydrogen-bond acceptors (Lipinski definition) is 5. The maximum Gasteiger partial charge on any atom is 0.335 e. The van der Waals surface area contributed by atoms with Gasteiger partial charge in [-0.05, 0) is 58.8 Å². The van der Waals surface area contributed by atoms with Crippen molar-refractivity contribution >= 4 is 45.5 Å². The van der Waals surface area contributed by atoms with Crippen molar-refractivity contribution in [1.29, 1.82) is 0 Å². The van der Waals surface area contributed by atoms with Gasteiger partial charge in [0.05, 0.1) is 17.3 Å². The summed E-state index contributed by atoms with van der Waals surface area (Å²) >= 11 is 3.38. The van der Waals surface area contributed by atoms with E-state index in [0.29, 0.717) is 27.2 Å². The molecule has 1 aliphatic rings. The average Bonchev–Trinajstić information content (AvgIpc) is 2.71. The predicted octanol–water partition coefficient (Wildman–Crippen LogP) is 3.44. The molecule has 4 amide bonds. The number of nitrogens with zero attached hydrogens (tertiary/aromatic N) is 1. The zero-order valence-corrected chi connectivity index (χ0v) is 17.8. The summed E-state index contributed by atoms with van der Waals surface area (Å²) < 4.78 is 11.3. The number of halogens is 1. The molecule has 1 aliphatic heterocycles. The number of ether oxygens (including phenoxy) is 2. The third-order valence-corrected chi connectivity index (χ3v) is 4.85. The summed E-state index contributed by atoms with van der Waals surface area (Å²) in [5, 5.41) is 2.19. The van der Waals surface area contributed by atoms with Crippen molar-refractivity contribution in [3.8, 4) is 23.8 Å². The van der Waals surface area contributed by atoms with Gasteiger partial charge in [-0.1, -0.05) is 23.6 Å². The van der Waals surface area contributed by atoms with Crippen LogP contribution < -0.4 is 19.7 Å². The van der Waals surface area contributed by atoms with Crippen LogP contribution >= 0.6 is 15.9 Å². The van der Waals surface area contributed by atoms with Gasteiger partial charge in [-0.2, -0.15) is 0 Å². The highest BCUT2D eigenvalue weighted by atomic mass is 79.9. The molecule has 0 bridgehead atoms. The van der Waals surface area contributed by atoms with E-state index in [9.17, 15) is 14.4 Å². The van der Waals surface area contributed by atoms with Gasteiger partial charge in [0.1, 0.15) is 12.2 Å². The van der Waals surface area contributed by atoms with Crippen LogP contribution in [-0.4, -0.2) is 31.6 Å². The van der Waals surface area contributed by atoms with Crippen LogP contribution in [-0.2, 0) is 9.59 Å². The molecule has 7 nitrogen and oxygen atoms in total. The molecule has 0 aliphatic carbocycles. The lowest BCUT2D eigenvalue weighted by atomic mass is 10.1. The maximum absolute atomic E-state index is 13.0. The predicted molar refractivity (Wildman–Crippen MR) is 115 cm³/mol. The smallest absolute Gasteiger partial charge is 0.335 e. The van der Waals surface area contributed by atoms with E-state index < -0.39 is 17.8 Å². The molecule has 152 valence electrons. The first kappa shape index (κ1) is 21.1. The largest absolute Gasteiger partial charge is 0.493 e. The number of aryl methyl sites for hydroxylation is 1. The second-order valence-electron chi connectivity index (χ2n) is 6.32. The molecule has 0 radical (unpaired) electrons. The van der Waals surface area contributed by atoms with Crippen molar-refractivity contribution in [1.82, 2.24) is 5.32 Å². The van der Waals surface area contributed by atoms with Gasteiger partial charge in [-0.15, -0.1) is 6.42 Å². The number of amides is 4. The molecule has 3 rings (SSSR count). The number of anilines is 1. The average molecular weight is 469 g/mol. The maximum atomic E-state index is 13.0. The summed E-state index contributed by atoms with van der Waals surface area (Å²) in [6, 6.07) is 9.25. The second-order valence-corrected chi connectivity index (χ2v) is 7.17. The van der Waals surface area contributed by atoms with Crippen molar-refractivity contribution in [3.63, 3.8) is 0 Å². The Hall–Kier alpha value is -3.57. The Labute approximate surface area is 181 Å². The topological polar surface area (TPSA) is 84.9 Å². The summed E-state index contributed by atoms with van der Waals surface area (Å²) in [6.45, 7) is 1.93. The van der Waals surface area contributed by atoms with E-state index in [4.69, 9.17) is 15.9 Å². The van der Waals surface area contributed by atoms with Gasteiger partial charge < -0.3 is 9.47 Å². The first-order valence-corrected chi connectivity index (χ1v) is 9.57. The Morgan fingerprint density at radius 3 is 2.53 bits per heavy atom. The van der Waals surface area contributed by atoms with Crippen LogP contribution in [0.5, 0.6) is 11.5 Å². The fourth-order valence-electron chi connectivity index (χ4n) is 2.83. The van der Waals surface area contributed by atoms with Crippen molar-refractivity contribution in [2.24, 2.45) is 0 Å². The van der Waals surface area contributed by atoms with Gasteiger partial charge >= 0.3 is 6.03 Å². The minimum atomic E-state index is -0.803. The van der Waals surface area contributed by atoms with E-state index in [1.54, 1.807) is 36.4 Å². The monoisotopic (exact) mass is 468 g/mol. The first-order chi connectivity index (χ1) is 14.3. The molecule has 1 saturated heterocycles. The molecule has 0 spiro atoms. The molecular weight excluding hydrogens is 452 g/mol. The zero-order valence-electron chi connectivity index (χ0n) is 16.2. The summed E-state index contributed by atoms with van der Waals surface area (Å²) in [7, 11) is 1.46. The van der Waals surface area contributed by atoms with Crippen LogP contribution in [0.25, 0.3) is 6.08 Å². The van der Waals surface area contributed by atoms with Crippen molar-refractivity contribution in [2.45, 2.75) is 6.92 Å². The van der Waals surface area contributed by atoms with Crippen LogP contribution in [0.2, 0.25) is 0 Å². The molecule has 0 atom stereocenters. The van der Waals surface area contributed by atoms with Crippen molar-refractivity contribution in [2.75, 3.05) is 18.6 Å². The van der Waals surface area contributed by atoms with Crippen LogP contribution in [0.15, 0.2) is 46.4 Å². The number of benzene rings is 2. The van der Waals surface area contributed by atoms with E-state index in [2.05, 4.69) is 27.2 Å². The number of rotatable bonds is 5. The summed E-state index contributed by atoms with van der Waals surface area (Å²) in [5.74, 6) is 1.62. The minimum absolute atomic E-state index is 0.0455. The second kappa shape index (κ2) is 8.84. The minimum Gasteiger partial charge on any atom is -0.493 e. The van der Waals surface area contributed by atoms with Gasteiger partial charge in [0.2, 0.25) is 0 Å². The number of carbonyl (C=O) groups is 3. The SMILES string of the molecule is C#CCOc1c(Br)cc(/C=C2\C(=O)NC(=O)N(c3ccc(C)cc3)C2=O)cc1OC. The summed E-state index contributed by atoms with van der Waals surface area (Å²) in [6.07, 6.45) is 6.61. The Morgan fingerprint density at radius 2 is 1.90 bits per heavy atom. The van der Waals surface area contributed by atoms with Gasteiger partial charge in [0, 0.05) is 0 Å². The van der Waals surface area contributed by atoms with Crippen LogP contribution in [0, 0.1) is 19.3 Å². The van der Waals surface area contributed by atoms with Gasteiger partial charge in [0.25, 0.3) is 11.8 Å². The number of hydrogen-bond donors (Lipinski definition) is 1. The fourth-order valence-corrected chi connectivity index (χ4v) is 3.40. The van der Waals surface area contributed by atoms with E-state index in [1.807, 2.05) is 6.92 Å². The summed E-state index contributed by atoms with van der Waals surface area (Å²) in [4.78, 5) is 38.5. The Bertz CT molecular complexity index is 1100. The molecule has 2 aromatic rings. The fraction of sp³-hybridized carbons (Fsp3) is 0.136. The molecule has 1 fully saturated rings. The third-order valence-electron chi connectivity index (χ3n) is 4.26. The molecule has 0 aromatic heterocycles. The molecule has 0 saturated carbocycles. The van der Waals surface area contributed by atoms with E-state index in [0.717, 1.165) is 10.5 Å². The number of carbonyl (C=O) groups excluding carboxylic acids is 3. The quantitative estimate of drug-likeness (QED) is 0.412. The van der Waals surface area contributed by atoms with Crippen molar-refractivity contribution < 1.29 is 23.9 Å². The molecule has 1 N–H and O–H groups in total. The number of terminal acetylenes is 1. The van der Waals surface area contributed by atoms with E-state index in [1.165, 1.54) is 13.2 Å². The van der Waals surface area contributed by atoms with Crippen molar-refractivity contribution in [3.05, 3.63) is 57.6 Å². The lowest BCUT2D eigenvalue weighted by Gasteiger charge is -2.26. The number of barbiturate groups is 1. The van der Waals surface area contributed by atoms with Crippen LogP contribution in [0.1, 0.15) is 11.1 Å². The number of urea groups is 1. The zero-order chi connectivity index (χ0) is 21.8. The molecular formula is C22H17BrN2O5. The standard InChI is InChI=1S/C22H17BrN2O5/c1-4-9-30-19-17(23)11-14(12-18(19)29-3)10-16-20(26)24-22(28)25(21(16)27)15-7-5-13(2)6-8-15/h1,5-8,10-12H,9H2,2-3H3,(H,24,26,28)/b16-10+.